The maximum Gasteiger partial charge on any atom is 0.330 e. The summed E-state index contributed by atoms with van der Waals surface area (Å²) >= 11 is 0. The molecule has 0 aliphatic carbocycles. The Hall–Kier alpha value is -2.01. The zero-order valence-electron chi connectivity index (χ0n) is 11.8. The van der Waals surface area contributed by atoms with Crippen molar-refractivity contribution in [1.29, 1.82) is 0 Å². The Kier molecular flexibility index (Phi) is 4.76. The lowest BCUT2D eigenvalue weighted by molar-refractivity contribution is -0.117. The average Bonchev–Trinajstić information content (AvgIpc) is 2.77. The summed E-state index contributed by atoms with van der Waals surface area (Å²) in [7, 11) is 1.31. The fourth-order valence-corrected chi connectivity index (χ4v) is 2.38. The number of nitrogens with one attached hydrogen (secondary N) is 1. The molecule has 1 aliphatic rings. The fraction of sp³-hybridized carbons (Fsp3) is 0.583. The zero-order valence-corrected chi connectivity index (χ0v) is 11.8. The van der Waals surface area contributed by atoms with Crippen LogP contribution in [0.3, 0.4) is 0 Å². The van der Waals surface area contributed by atoms with Gasteiger partial charge in [-0.2, -0.15) is 0 Å². The largest absolute Gasteiger partial charge is 0.394 e. The van der Waals surface area contributed by atoms with Crippen molar-refractivity contribution in [1.82, 2.24) is 9.55 Å². The van der Waals surface area contributed by atoms with Crippen molar-refractivity contribution in [3.05, 3.63) is 32.6 Å². The van der Waals surface area contributed by atoms with Gasteiger partial charge in [0.1, 0.15) is 18.3 Å². The highest BCUT2D eigenvalue weighted by molar-refractivity contribution is 5.76. The first kappa shape index (κ1) is 16.4. The minimum atomic E-state index is -1.15. The lowest BCUT2D eigenvalue weighted by Crippen LogP contribution is -2.40. The topological polar surface area (TPSA) is 157 Å². The van der Waals surface area contributed by atoms with E-state index in [9.17, 15) is 19.5 Å². The number of carbonyl (C=O) groups is 1. The van der Waals surface area contributed by atoms with Crippen LogP contribution in [0.4, 0.5) is 0 Å². The number of amides is 1. The molecule has 1 fully saturated rings. The normalized spacial score (nSPS) is 28.0. The molecule has 0 aromatic carbocycles. The van der Waals surface area contributed by atoms with Crippen LogP contribution in [0.15, 0.2) is 15.8 Å². The first-order valence-corrected chi connectivity index (χ1v) is 6.48. The van der Waals surface area contributed by atoms with Crippen LogP contribution in [0.2, 0.25) is 0 Å². The Morgan fingerprint density at radius 1 is 1.55 bits per heavy atom. The number of hydrogen-bond acceptors (Lipinski definition) is 7. The molecular weight excluding hydrogens is 298 g/mol. The Morgan fingerprint density at radius 2 is 2.23 bits per heavy atom. The average molecular weight is 315 g/mol. The molecule has 5 N–H and O–H groups in total. The van der Waals surface area contributed by atoms with Gasteiger partial charge in [-0.3, -0.25) is 19.1 Å². The first-order chi connectivity index (χ1) is 10.4. The molecule has 4 atom stereocenters. The van der Waals surface area contributed by atoms with E-state index in [1.165, 1.54) is 7.11 Å². The summed E-state index contributed by atoms with van der Waals surface area (Å²) < 4.78 is 11.5. The molecular formula is C12H17N3O7. The number of primary amides is 1. The molecule has 1 aromatic heterocycles. The maximum atomic E-state index is 11.9. The van der Waals surface area contributed by atoms with Crippen molar-refractivity contribution in [2.45, 2.75) is 31.0 Å². The van der Waals surface area contributed by atoms with Gasteiger partial charge in [0.25, 0.3) is 5.56 Å². The van der Waals surface area contributed by atoms with Gasteiger partial charge >= 0.3 is 5.69 Å². The molecule has 10 heteroatoms. The fourth-order valence-electron chi connectivity index (χ4n) is 2.38. The van der Waals surface area contributed by atoms with Crippen molar-refractivity contribution < 1.29 is 24.5 Å². The van der Waals surface area contributed by atoms with Gasteiger partial charge in [0.05, 0.1) is 13.0 Å². The van der Waals surface area contributed by atoms with E-state index in [1.54, 1.807) is 0 Å². The molecule has 122 valence electrons. The van der Waals surface area contributed by atoms with E-state index < -0.39 is 48.3 Å². The molecule has 0 unspecified atom stereocenters. The smallest absolute Gasteiger partial charge is 0.330 e. The van der Waals surface area contributed by atoms with Gasteiger partial charge in [0.2, 0.25) is 5.91 Å². The van der Waals surface area contributed by atoms with Gasteiger partial charge in [-0.1, -0.05) is 0 Å². The molecule has 0 bridgehead atoms. The Labute approximate surface area is 124 Å². The van der Waals surface area contributed by atoms with Crippen molar-refractivity contribution in [2.24, 2.45) is 5.73 Å². The molecule has 1 saturated heterocycles. The summed E-state index contributed by atoms with van der Waals surface area (Å²) in [5.41, 5.74) is 3.50. The second-order valence-corrected chi connectivity index (χ2v) is 4.90. The second kappa shape index (κ2) is 6.40. The van der Waals surface area contributed by atoms with E-state index >= 15 is 0 Å². The summed E-state index contributed by atoms with van der Waals surface area (Å²) in [5.74, 6) is -0.736. The van der Waals surface area contributed by atoms with E-state index in [4.69, 9.17) is 20.3 Å². The number of rotatable bonds is 5. The molecule has 22 heavy (non-hydrogen) atoms. The molecule has 2 rings (SSSR count). The van der Waals surface area contributed by atoms with Crippen LogP contribution < -0.4 is 17.0 Å². The summed E-state index contributed by atoms with van der Waals surface area (Å²) in [4.78, 5) is 36.6. The van der Waals surface area contributed by atoms with Crippen molar-refractivity contribution in [2.75, 3.05) is 13.7 Å². The molecule has 2 heterocycles. The SMILES string of the molecule is CO[C@@H]1[C@H](O)[C@@H](CO)O[C@H]1n1cc(CC(N)=O)c(=O)[nH]c1=O. The number of aliphatic hydroxyl groups is 2. The number of nitrogens with zero attached hydrogens (tertiary/aromatic N) is 1. The third-order valence-corrected chi connectivity index (χ3v) is 3.45. The van der Waals surface area contributed by atoms with Crippen LogP contribution in [-0.2, 0) is 20.7 Å². The summed E-state index contributed by atoms with van der Waals surface area (Å²) in [5, 5.41) is 19.1. The van der Waals surface area contributed by atoms with Crippen LogP contribution in [-0.4, -0.2) is 57.7 Å². The Balaban J connectivity index is 2.45. The van der Waals surface area contributed by atoms with Crippen molar-refractivity contribution in [3.8, 4) is 0 Å². The number of carbonyl (C=O) groups excluding carboxylic acids is 1. The molecule has 1 aromatic rings. The number of nitrogens with two attached hydrogens (primary N) is 1. The van der Waals surface area contributed by atoms with Crippen molar-refractivity contribution >= 4 is 5.91 Å². The first-order valence-electron chi connectivity index (χ1n) is 6.48. The Morgan fingerprint density at radius 3 is 2.77 bits per heavy atom. The number of ether oxygens (including phenoxy) is 2. The summed E-state index contributed by atoms with van der Waals surface area (Å²) in [6.45, 7) is -0.468. The summed E-state index contributed by atoms with van der Waals surface area (Å²) in [6.07, 6.45) is -3.30. The predicted molar refractivity (Wildman–Crippen MR) is 72.0 cm³/mol. The number of aliphatic hydroxyl groups excluding tert-OH is 2. The van der Waals surface area contributed by atoms with E-state index in [0.29, 0.717) is 0 Å². The van der Waals surface area contributed by atoms with Gasteiger partial charge in [0, 0.05) is 18.9 Å². The van der Waals surface area contributed by atoms with Crippen molar-refractivity contribution in [3.63, 3.8) is 0 Å². The van der Waals surface area contributed by atoms with E-state index in [2.05, 4.69) is 0 Å². The van der Waals surface area contributed by atoms with E-state index in [0.717, 1.165) is 10.8 Å². The third-order valence-electron chi connectivity index (χ3n) is 3.45. The zero-order chi connectivity index (χ0) is 16.4. The number of methoxy groups -OCH3 is 1. The number of H-pyrrole nitrogens is 1. The van der Waals surface area contributed by atoms with E-state index in [-0.39, 0.29) is 12.0 Å². The molecule has 0 saturated carbocycles. The van der Waals surface area contributed by atoms with E-state index in [1.807, 2.05) is 4.98 Å². The van der Waals surface area contributed by atoms with Crippen LogP contribution in [0.5, 0.6) is 0 Å². The highest BCUT2D eigenvalue weighted by Gasteiger charge is 2.45. The summed E-state index contributed by atoms with van der Waals surface area (Å²) in [6, 6.07) is 0. The second-order valence-electron chi connectivity index (χ2n) is 4.90. The minimum Gasteiger partial charge on any atom is -0.394 e. The van der Waals surface area contributed by atoms with Gasteiger partial charge in [-0.05, 0) is 0 Å². The van der Waals surface area contributed by atoms with Crippen LogP contribution in [0.25, 0.3) is 0 Å². The number of hydrogen-bond donors (Lipinski definition) is 4. The number of aromatic amines is 1. The van der Waals surface area contributed by atoms with Gasteiger partial charge < -0.3 is 25.4 Å². The lowest BCUT2D eigenvalue weighted by Gasteiger charge is -2.20. The lowest BCUT2D eigenvalue weighted by atomic mass is 10.1. The van der Waals surface area contributed by atoms with Crippen LogP contribution in [0, 0.1) is 0 Å². The minimum absolute atomic E-state index is 0.0208. The predicted octanol–water partition coefficient (Wildman–Crippen LogP) is -3.17. The molecule has 10 nitrogen and oxygen atoms in total. The quantitative estimate of drug-likeness (QED) is 0.446. The van der Waals surface area contributed by atoms with Gasteiger partial charge in [-0.25, -0.2) is 4.79 Å². The molecule has 1 amide bonds. The highest BCUT2D eigenvalue weighted by atomic mass is 16.6. The standard InChI is InChI=1S/C12H17N3O7/c1-21-9-8(18)6(4-16)22-11(9)15-3-5(2-7(13)17)10(19)14-12(15)20/h3,6,8-9,11,16,18H,2,4H2,1H3,(H2,13,17)(H,14,19,20)/t6-,8-,9-,11-/m1/s1. The third kappa shape index (κ3) is 2.95. The Bertz CT molecular complexity index is 667. The highest BCUT2D eigenvalue weighted by Crippen LogP contribution is 2.30. The molecule has 1 aliphatic heterocycles. The van der Waals surface area contributed by atoms with Crippen LogP contribution in [0.1, 0.15) is 11.8 Å². The molecule has 0 spiro atoms. The van der Waals surface area contributed by atoms with Gasteiger partial charge in [0.15, 0.2) is 6.23 Å². The van der Waals surface area contributed by atoms with Crippen LogP contribution >= 0.6 is 0 Å². The molecule has 0 radical (unpaired) electrons. The maximum absolute atomic E-state index is 11.9. The van der Waals surface area contributed by atoms with Gasteiger partial charge in [-0.15, -0.1) is 0 Å². The number of aromatic nitrogens is 2. The monoisotopic (exact) mass is 315 g/mol.